The average Bonchev–Trinajstić information content (AvgIpc) is 2.00. The maximum Gasteiger partial charge on any atom is -0.0297 e. The Balaban J connectivity index is 3.65. The van der Waals surface area contributed by atoms with Crippen LogP contribution in [-0.4, -0.2) is 0 Å². The van der Waals surface area contributed by atoms with E-state index in [1.807, 2.05) is 0 Å². The van der Waals surface area contributed by atoms with Crippen molar-refractivity contribution >= 4 is 0 Å². The Morgan fingerprint density at radius 3 is 2.29 bits per heavy atom. The van der Waals surface area contributed by atoms with Crippen LogP contribution in [0, 0.1) is 11.3 Å². The lowest BCUT2D eigenvalue weighted by atomic mass is 9.85. The molecule has 0 amide bonds. The first-order valence-corrected chi connectivity index (χ1v) is 6.02. The molecule has 0 heterocycles. The highest BCUT2D eigenvalue weighted by Crippen LogP contribution is 2.26. The van der Waals surface area contributed by atoms with Crippen LogP contribution in [0.2, 0.25) is 0 Å². The van der Waals surface area contributed by atoms with Gasteiger partial charge < -0.3 is 0 Å². The molecule has 0 fully saturated rings. The van der Waals surface area contributed by atoms with E-state index in [-0.39, 0.29) is 0 Å². The average molecular weight is 196 g/mol. The van der Waals surface area contributed by atoms with Gasteiger partial charge in [-0.1, -0.05) is 53.2 Å². The first-order chi connectivity index (χ1) is 6.35. The zero-order valence-corrected chi connectivity index (χ0v) is 10.8. The molecule has 0 aliphatic heterocycles. The van der Waals surface area contributed by atoms with E-state index in [9.17, 15) is 0 Å². The Hall–Kier alpha value is -0.260. The summed E-state index contributed by atoms with van der Waals surface area (Å²) in [5, 5.41) is 0. The second-order valence-electron chi connectivity index (χ2n) is 5.91. The van der Waals surface area contributed by atoms with Crippen molar-refractivity contribution in [3.63, 3.8) is 0 Å². The van der Waals surface area contributed by atoms with Crippen molar-refractivity contribution in [2.75, 3.05) is 0 Å². The molecule has 0 saturated carbocycles. The SMILES string of the molecule is C=C(CCC)CC(C)CCC(C)(C)C. The fourth-order valence-corrected chi connectivity index (χ4v) is 1.73. The molecule has 0 aromatic rings. The van der Waals surface area contributed by atoms with Crippen molar-refractivity contribution in [1.82, 2.24) is 0 Å². The summed E-state index contributed by atoms with van der Waals surface area (Å²) >= 11 is 0. The van der Waals surface area contributed by atoms with Gasteiger partial charge in [-0.05, 0) is 37.0 Å². The third kappa shape index (κ3) is 8.34. The second-order valence-corrected chi connectivity index (χ2v) is 5.91. The van der Waals surface area contributed by atoms with E-state index in [4.69, 9.17) is 0 Å². The van der Waals surface area contributed by atoms with E-state index in [0.29, 0.717) is 5.41 Å². The van der Waals surface area contributed by atoms with Crippen LogP contribution < -0.4 is 0 Å². The molecule has 14 heavy (non-hydrogen) atoms. The van der Waals surface area contributed by atoms with Crippen LogP contribution in [0.1, 0.15) is 66.7 Å². The van der Waals surface area contributed by atoms with Gasteiger partial charge in [0.2, 0.25) is 0 Å². The van der Waals surface area contributed by atoms with Gasteiger partial charge in [-0.15, -0.1) is 0 Å². The first-order valence-electron chi connectivity index (χ1n) is 6.02. The molecule has 0 bridgehead atoms. The molecule has 1 unspecified atom stereocenters. The first kappa shape index (κ1) is 13.7. The van der Waals surface area contributed by atoms with Gasteiger partial charge in [0, 0.05) is 0 Å². The predicted molar refractivity (Wildman–Crippen MR) is 66.5 cm³/mol. The van der Waals surface area contributed by atoms with Crippen molar-refractivity contribution < 1.29 is 0 Å². The Morgan fingerprint density at radius 2 is 1.86 bits per heavy atom. The Bertz CT molecular complexity index is 159. The monoisotopic (exact) mass is 196 g/mol. The van der Waals surface area contributed by atoms with Gasteiger partial charge in [-0.25, -0.2) is 0 Å². The van der Waals surface area contributed by atoms with Crippen LogP contribution >= 0.6 is 0 Å². The minimum absolute atomic E-state index is 0.486. The maximum absolute atomic E-state index is 4.13. The number of hydrogen-bond donors (Lipinski definition) is 0. The van der Waals surface area contributed by atoms with E-state index >= 15 is 0 Å². The lowest BCUT2D eigenvalue weighted by Crippen LogP contribution is -2.08. The van der Waals surface area contributed by atoms with Crippen molar-refractivity contribution in [3.05, 3.63) is 12.2 Å². The summed E-state index contributed by atoms with van der Waals surface area (Å²) in [4.78, 5) is 0. The van der Waals surface area contributed by atoms with Crippen LogP contribution in [0.4, 0.5) is 0 Å². The largest absolute Gasteiger partial charge is 0.0999 e. The van der Waals surface area contributed by atoms with Crippen LogP contribution in [0.3, 0.4) is 0 Å². The van der Waals surface area contributed by atoms with Gasteiger partial charge in [0.1, 0.15) is 0 Å². The highest BCUT2D eigenvalue weighted by molar-refractivity contribution is 4.94. The van der Waals surface area contributed by atoms with E-state index in [0.717, 1.165) is 5.92 Å². The molecule has 0 aromatic carbocycles. The zero-order valence-electron chi connectivity index (χ0n) is 10.8. The molecule has 0 rings (SSSR count). The summed E-state index contributed by atoms with van der Waals surface area (Å²) in [5.74, 6) is 0.813. The highest BCUT2D eigenvalue weighted by Gasteiger charge is 2.12. The van der Waals surface area contributed by atoms with E-state index in [2.05, 4.69) is 41.2 Å². The molecule has 0 spiro atoms. The van der Waals surface area contributed by atoms with Gasteiger partial charge in [0.05, 0.1) is 0 Å². The maximum atomic E-state index is 4.13. The van der Waals surface area contributed by atoms with Crippen molar-refractivity contribution in [3.8, 4) is 0 Å². The molecular weight excluding hydrogens is 168 g/mol. The highest BCUT2D eigenvalue weighted by atomic mass is 14.2. The quantitative estimate of drug-likeness (QED) is 0.512. The molecule has 0 aromatic heterocycles. The number of allylic oxidation sites excluding steroid dienone is 1. The summed E-state index contributed by atoms with van der Waals surface area (Å²) in [5.41, 5.74) is 1.93. The minimum atomic E-state index is 0.486. The number of rotatable bonds is 6. The van der Waals surface area contributed by atoms with Gasteiger partial charge in [0.15, 0.2) is 0 Å². The fourth-order valence-electron chi connectivity index (χ4n) is 1.73. The Morgan fingerprint density at radius 1 is 1.29 bits per heavy atom. The molecule has 0 saturated heterocycles. The molecule has 0 aliphatic carbocycles. The lowest BCUT2D eigenvalue weighted by Gasteiger charge is -2.21. The molecule has 0 N–H and O–H groups in total. The summed E-state index contributed by atoms with van der Waals surface area (Å²) in [6.07, 6.45) is 6.34. The van der Waals surface area contributed by atoms with E-state index in [1.165, 1.54) is 37.7 Å². The summed E-state index contributed by atoms with van der Waals surface area (Å²) in [6.45, 7) is 15.7. The van der Waals surface area contributed by atoms with E-state index in [1.54, 1.807) is 0 Å². The smallest absolute Gasteiger partial charge is 0.0297 e. The normalized spacial score (nSPS) is 14.1. The molecule has 0 radical (unpaired) electrons. The molecule has 1 atom stereocenters. The zero-order chi connectivity index (χ0) is 11.2. The Labute approximate surface area is 90.8 Å². The third-order valence-corrected chi connectivity index (χ3v) is 2.63. The summed E-state index contributed by atoms with van der Waals surface area (Å²) in [7, 11) is 0. The minimum Gasteiger partial charge on any atom is -0.0999 e. The summed E-state index contributed by atoms with van der Waals surface area (Å²) < 4.78 is 0. The topological polar surface area (TPSA) is 0 Å². The predicted octanol–water partition coefficient (Wildman–Crippen LogP) is 5.20. The van der Waals surface area contributed by atoms with Crippen LogP contribution in [0.5, 0.6) is 0 Å². The lowest BCUT2D eigenvalue weighted by molar-refractivity contribution is 0.328. The molecule has 0 aliphatic rings. The number of hydrogen-bond acceptors (Lipinski definition) is 0. The standard InChI is InChI=1S/C14H28/c1-7-8-12(2)11-13(3)9-10-14(4,5)6/h13H,2,7-11H2,1,3-6H3. The Kier molecular flexibility index (Phi) is 6.15. The van der Waals surface area contributed by atoms with Gasteiger partial charge in [0.25, 0.3) is 0 Å². The van der Waals surface area contributed by atoms with Crippen molar-refractivity contribution in [2.45, 2.75) is 66.7 Å². The van der Waals surface area contributed by atoms with Crippen LogP contribution in [-0.2, 0) is 0 Å². The molecule has 0 nitrogen and oxygen atoms in total. The second kappa shape index (κ2) is 6.27. The van der Waals surface area contributed by atoms with Gasteiger partial charge in [-0.2, -0.15) is 0 Å². The third-order valence-electron chi connectivity index (χ3n) is 2.63. The fraction of sp³-hybridized carbons (Fsp3) is 0.857. The van der Waals surface area contributed by atoms with Crippen molar-refractivity contribution in [2.24, 2.45) is 11.3 Å². The van der Waals surface area contributed by atoms with Crippen LogP contribution in [0.15, 0.2) is 12.2 Å². The van der Waals surface area contributed by atoms with Crippen LogP contribution in [0.25, 0.3) is 0 Å². The van der Waals surface area contributed by atoms with Crippen molar-refractivity contribution in [1.29, 1.82) is 0 Å². The van der Waals surface area contributed by atoms with Gasteiger partial charge in [-0.3, -0.25) is 0 Å². The van der Waals surface area contributed by atoms with Gasteiger partial charge >= 0.3 is 0 Å². The molecular formula is C14H28. The molecule has 84 valence electrons. The molecule has 0 heteroatoms. The summed E-state index contributed by atoms with van der Waals surface area (Å²) in [6, 6.07) is 0. The van der Waals surface area contributed by atoms with E-state index < -0.39 is 0 Å².